The van der Waals surface area contributed by atoms with Gasteiger partial charge in [0.25, 0.3) is 5.91 Å². The minimum atomic E-state index is 0.0869. The number of nitrogens with one attached hydrogen (secondary N) is 2. The molecule has 0 fully saturated rings. The highest BCUT2D eigenvalue weighted by molar-refractivity contribution is 7.10. The van der Waals surface area contributed by atoms with Gasteiger partial charge in [-0.3, -0.25) is 4.79 Å². The van der Waals surface area contributed by atoms with Crippen LogP contribution in [-0.2, 0) is 19.3 Å². The maximum Gasteiger partial charge on any atom is 0.252 e. The van der Waals surface area contributed by atoms with E-state index in [1.54, 1.807) is 17.5 Å². The molecule has 1 aliphatic rings. The topological polar surface area (TPSA) is 57.8 Å². The molecule has 4 nitrogen and oxygen atoms in total. The minimum absolute atomic E-state index is 0.0869. The molecule has 0 saturated carbocycles. The van der Waals surface area contributed by atoms with E-state index in [9.17, 15) is 4.79 Å². The molecule has 2 heterocycles. The molecule has 0 aromatic carbocycles. The highest BCUT2D eigenvalue weighted by Crippen LogP contribution is 2.30. The predicted octanol–water partition coefficient (Wildman–Crippen LogP) is 2.71. The van der Waals surface area contributed by atoms with E-state index in [0.717, 1.165) is 37.1 Å². The number of fused-ring (bicyclic) bond motifs is 1. The fourth-order valence-electron chi connectivity index (χ4n) is 2.67. The summed E-state index contributed by atoms with van der Waals surface area (Å²) in [6.45, 7) is 0.699. The normalized spacial score (nSPS) is 14.0. The van der Waals surface area contributed by atoms with Crippen molar-refractivity contribution >= 4 is 17.2 Å². The number of aromatic amines is 1. The monoisotopic (exact) mass is 289 g/mol. The van der Waals surface area contributed by atoms with Gasteiger partial charge < -0.3 is 10.3 Å². The number of thiophene rings is 1. The number of nitrogens with zero attached hydrogens (tertiary/aromatic N) is 1. The zero-order chi connectivity index (χ0) is 13.8. The number of carbonyl (C=O) groups excluding carboxylic acids is 1. The molecule has 3 rings (SSSR count). The van der Waals surface area contributed by atoms with Gasteiger partial charge in [-0.2, -0.15) is 0 Å². The summed E-state index contributed by atoms with van der Waals surface area (Å²) in [7, 11) is 0. The highest BCUT2D eigenvalue weighted by Gasteiger charge is 2.19. The van der Waals surface area contributed by atoms with E-state index in [2.05, 4.69) is 15.3 Å². The fourth-order valence-corrected chi connectivity index (χ4v) is 3.80. The Hall–Kier alpha value is -1.62. The zero-order valence-corrected chi connectivity index (χ0v) is 12.3. The minimum Gasteiger partial charge on any atom is -0.352 e. The van der Waals surface area contributed by atoms with E-state index >= 15 is 0 Å². The zero-order valence-electron chi connectivity index (χ0n) is 11.4. The molecule has 0 radical (unpaired) electrons. The molecular weight excluding hydrogens is 270 g/mol. The van der Waals surface area contributed by atoms with Gasteiger partial charge >= 0.3 is 0 Å². The number of amides is 1. The molecule has 2 aromatic heterocycles. The van der Waals surface area contributed by atoms with Gasteiger partial charge in [0.15, 0.2) is 0 Å². The third-order valence-corrected chi connectivity index (χ3v) is 4.83. The molecule has 0 unspecified atom stereocenters. The summed E-state index contributed by atoms with van der Waals surface area (Å²) in [6.07, 6.45) is 10.0. The number of hydrogen-bond acceptors (Lipinski definition) is 3. The Labute approximate surface area is 122 Å². The Morgan fingerprint density at radius 2 is 2.30 bits per heavy atom. The first-order valence-corrected chi connectivity index (χ1v) is 8.08. The summed E-state index contributed by atoms with van der Waals surface area (Å²) in [6, 6.07) is 0. The van der Waals surface area contributed by atoms with Crippen LogP contribution in [-0.4, -0.2) is 22.4 Å². The Bertz CT molecular complexity index is 574. The van der Waals surface area contributed by atoms with Gasteiger partial charge in [-0.25, -0.2) is 4.98 Å². The summed E-state index contributed by atoms with van der Waals surface area (Å²) < 4.78 is 0. The maximum absolute atomic E-state index is 12.2. The quantitative estimate of drug-likeness (QED) is 0.832. The number of rotatable bonds is 5. The third kappa shape index (κ3) is 2.93. The van der Waals surface area contributed by atoms with Crippen LogP contribution in [0.15, 0.2) is 17.8 Å². The van der Waals surface area contributed by atoms with Crippen LogP contribution in [0.2, 0.25) is 0 Å². The molecule has 0 aliphatic heterocycles. The molecule has 0 spiro atoms. The van der Waals surface area contributed by atoms with Crippen molar-refractivity contribution in [2.24, 2.45) is 0 Å². The highest BCUT2D eigenvalue weighted by atomic mass is 32.1. The smallest absolute Gasteiger partial charge is 0.252 e. The second-order valence-electron chi connectivity index (χ2n) is 5.15. The van der Waals surface area contributed by atoms with E-state index in [1.165, 1.54) is 23.3 Å². The molecule has 2 N–H and O–H groups in total. The van der Waals surface area contributed by atoms with Crippen molar-refractivity contribution < 1.29 is 4.79 Å². The van der Waals surface area contributed by atoms with Crippen LogP contribution in [0.1, 0.15) is 45.9 Å². The SMILES string of the molecule is O=C(NCCCc1ncc[nH]1)c1csc2c1CCCC2. The lowest BCUT2D eigenvalue weighted by Gasteiger charge is -2.12. The lowest BCUT2D eigenvalue weighted by atomic mass is 9.95. The van der Waals surface area contributed by atoms with Gasteiger partial charge in [-0.1, -0.05) is 0 Å². The summed E-state index contributed by atoms with van der Waals surface area (Å²) in [5, 5.41) is 5.05. The Balaban J connectivity index is 1.50. The first-order valence-electron chi connectivity index (χ1n) is 7.20. The molecule has 106 valence electrons. The second-order valence-corrected chi connectivity index (χ2v) is 6.12. The summed E-state index contributed by atoms with van der Waals surface area (Å²) in [5.74, 6) is 1.07. The van der Waals surface area contributed by atoms with Crippen LogP contribution in [0.4, 0.5) is 0 Å². The number of imidazole rings is 1. The van der Waals surface area contributed by atoms with E-state index in [-0.39, 0.29) is 5.91 Å². The van der Waals surface area contributed by atoms with Gasteiger partial charge in [0.2, 0.25) is 0 Å². The van der Waals surface area contributed by atoms with E-state index < -0.39 is 0 Å². The molecule has 5 heteroatoms. The molecule has 1 amide bonds. The standard InChI is InChI=1S/C15H19N3OS/c19-15(18-7-3-6-14-16-8-9-17-14)12-10-20-13-5-2-1-4-11(12)13/h8-10H,1-7H2,(H,16,17)(H,18,19). The van der Waals surface area contributed by atoms with E-state index in [0.29, 0.717) is 6.54 Å². The first kappa shape index (κ1) is 13.4. The molecular formula is C15H19N3OS. The first-order chi connectivity index (χ1) is 9.84. The van der Waals surface area contributed by atoms with Gasteiger partial charge in [0.05, 0.1) is 5.56 Å². The van der Waals surface area contributed by atoms with Gasteiger partial charge in [-0.15, -0.1) is 11.3 Å². The molecule has 20 heavy (non-hydrogen) atoms. The van der Waals surface area contributed by atoms with Crippen LogP contribution in [0.3, 0.4) is 0 Å². The summed E-state index contributed by atoms with van der Waals surface area (Å²) >= 11 is 1.74. The largest absolute Gasteiger partial charge is 0.352 e. The lowest BCUT2D eigenvalue weighted by Crippen LogP contribution is -2.25. The van der Waals surface area contributed by atoms with Gasteiger partial charge in [-0.05, 0) is 37.7 Å². The van der Waals surface area contributed by atoms with Crippen molar-refractivity contribution in [2.75, 3.05) is 6.54 Å². The maximum atomic E-state index is 12.2. The third-order valence-electron chi connectivity index (χ3n) is 3.74. The number of hydrogen-bond donors (Lipinski definition) is 2. The van der Waals surface area contributed by atoms with Crippen LogP contribution in [0.5, 0.6) is 0 Å². The number of aromatic nitrogens is 2. The Morgan fingerprint density at radius 1 is 1.40 bits per heavy atom. The van der Waals surface area contributed by atoms with Crippen molar-refractivity contribution in [3.05, 3.63) is 39.6 Å². The molecule has 1 aliphatic carbocycles. The van der Waals surface area contributed by atoms with Gasteiger partial charge in [0.1, 0.15) is 5.82 Å². The second kappa shape index (κ2) is 6.22. The van der Waals surface area contributed by atoms with Crippen LogP contribution in [0, 0.1) is 0 Å². The summed E-state index contributed by atoms with van der Waals surface area (Å²) in [4.78, 5) is 20.9. The van der Waals surface area contributed by atoms with Crippen molar-refractivity contribution in [3.63, 3.8) is 0 Å². The van der Waals surface area contributed by atoms with Crippen molar-refractivity contribution in [1.82, 2.24) is 15.3 Å². The molecule has 0 bridgehead atoms. The van der Waals surface area contributed by atoms with Crippen LogP contribution < -0.4 is 5.32 Å². The Kier molecular flexibility index (Phi) is 4.16. The molecule has 2 aromatic rings. The van der Waals surface area contributed by atoms with Crippen molar-refractivity contribution in [3.8, 4) is 0 Å². The van der Waals surface area contributed by atoms with E-state index in [1.807, 2.05) is 11.6 Å². The summed E-state index contributed by atoms with van der Waals surface area (Å²) in [5.41, 5.74) is 2.20. The van der Waals surface area contributed by atoms with E-state index in [4.69, 9.17) is 0 Å². The molecule has 0 saturated heterocycles. The average Bonchev–Trinajstić information content (AvgIpc) is 3.12. The number of aryl methyl sites for hydroxylation is 2. The predicted molar refractivity (Wildman–Crippen MR) is 80.2 cm³/mol. The van der Waals surface area contributed by atoms with Gasteiger partial charge in [0, 0.05) is 35.6 Å². The van der Waals surface area contributed by atoms with Crippen molar-refractivity contribution in [1.29, 1.82) is 0 Å². The Morgan fingerprint density at radius 3 is 3.15 bits per heavy atom. The lowest BCUT2D eigenvalue weighted by molar-refractivity contribution is 0.0952. The van der Waals surface area contributed by atoms with Crippen LogP contribution >= 0.6 is 11.3 Å². The molecule has 0 atom stereocenters. The number of H-pyrrole nitrogens is 1. The average molecular weight is 289 g/mol. The van der Waals surface area contributed by atoms with Crippen molar-refractivity contribution in [2.45, 2.75) is 38.5 Å². The van der Waals surface area contributed by atoms with Crippen LogP contribution in [0.25, 0.3) is 0 Å². The number of carbonyl (C=O) groups is 1. The fraction of sp³-hybridized carbons (Fsp3) is 0.467.